The quantitative estimate of drug-likeness (QED) is 0.455. The van der Waals surface area contributed by atoms with Crippen LogP contribution in [0.5, 0.6) is 0 Å². The molecule has 2 unspecified atom stereocenters. The van der Waals surface area contributed by atoms with E-state index in [2.05, 4.69) is 52.8 Å². The Balaban J connectivity index is 0. The third kappa shape index (κ3) is 6.31. The number of nitrogens with zero attached hydrogens (tertiary/aromatic N) is 1. The number of halogens is 4. The number of alkyl halides is 3. The average molecular weight is 416 g/mol. The van der Waals surface area contributed by atoms with Crippen molar-refractivity contribution in [3.05, 3.63) is 0 Å². The molecule has 0 saturated heterocycles. The monoisotopic (exact) mass is 413 g/mol. The van der Waals surface area contributed by atoms with Crippen LogP contribution in [-0.2, 0) is 0 Å². The van der Waals surface area contributed by atoms with Gasteiger partial charge in [-0.25, -0.2) is 0 Å². The second-order valence-corrected chi connectivity index (χ2v) is 7.85. The Bertz CT molecular complexity index is 155. The minimum atomic E-state index is -0.350. The van der Waals surface area contributed by atoms with Crippen molar-refractivity contribution in [3.8, 4) is 0 Å². The van der Waals surface area contributed by atoms with E-state index in [0.717, 1.165) is 24.1 Å². The van der Waals surface area contributed by atoms with Crippen molar-refractivity contribution >= 4 is 43.5 Å². The van der Waals surface area contributed by atoms with Crippen LogP contribution in [0.3, 0.4) is 0 Å². The van der Waals surface area contributed by atoms with Crippen LogP contribution in [-0.4, -0.2) is 39.8 Å². The second-order valence-electron chi connectivity index (χ2n) is 3.86. The first-order valence-corrected chi connectivity index (χ1v) is 6.69. The maximum Gasteiger partial charge on any atom is 0.114 e. The first kappa shape index (κ1) is 18.1. The minimum Gasteiger partial charge on any atom is -1.00 e. The van der Waals surface area contributed by atoms with Gasteiger partial charge in [-0.05, 0) is 20.8 Å². The van der Waals surface area contributed by atoms with Crippen LogP contribution in [0.4, 0.5) is 0 Å². The molecule has 0 aliphatic heterocycles. The van der Waals surface area contributed by atoms with E-state index in [4.69, 9.17) is 11.6 Å². The van der Waals surface area contributed by atoms with Gasteiger partial charge in [0.05, 0.1) is 31.5 Å². The molecule has 0 aromatic heterocycles. The maximum absolute atomic E-state index is 6.16. The van der Waals surface area contributed by atoms with Crippen molar-refractivity contribution < 1.29 is 21.5 Å². The summed E-state index contributed by atoms with van der Waals surface area (Å²) in [6, 6.07) is 0. The molecule has 0 amide bonds. The molecule has 0 aromatic carbocycles. The van der Waals surface area contributed by atoms with Crippen LogP contribution in [0, 0.1) is 0 Å². The zero-order valence-electron chi connectivity index (χ0n) is 9.16. The molecule has 0 saturated carbocycles. The highest BCUT2D eigenvalue weighted by Crippen LogP contribution is 2.33. The van der Waals surface area contributed by atoms with Gasteiger partial charge in [0.15, 0.2) is 0 Å². The molecule has 0 heterocycles. The molecule has 0 aliphatic carbocycles. The lowest BCUT2D eigenvalue weighted by atomic mass is 10.2. The fourth-order valence-electron chi connectivity index (χ4n) is 1.03. The van der Waals surface area contributed by atoms with Gasteiger partial charge in [-0.15, -0.1) is 11.6 Å². The molecule has 0 radical (unpaired) electrons. The van der Waals surface area contributed by atoms with Crippen LogP contribution in [0.1, 0.15) is 20.8 Å². The van der Waals surface area contributed by atoms with E-state index in [-0.39, 0.29) is 25.6 Å². The summed E-state index contributed by atoms with van der Waals surface area (Å²) in [6.45, 7) is 9.71. The topological polar surface area (TPSA) is 0 Å². The summed E-state index contributed by atoms with van der Waals surface area (Å²) in [5.74, 6) is 0. The van der Waals surface area contributed by atoms with E-state index in [1.165, 1.54) is 0 Å². The molecule has 88 valence electrons. The maximum atomic E-state index is 6.16. The highest BCUT2D eigenvalue weighted by atomic mass is 79.9. The molecule has 0 N–H and O–H groups in total. The highest BCUT2D eigenvalue weighted by molar-refractivity contribution is 9.13. The van der Waals surface area contributed by atoms with Crippen molar-refractivity contribution in [1.82, 2.24) is 0 Å². The van der Waals surface area contributed by atoms with E-state index < -0.39 is 0 Å². The summed E-state index contributed by atoms with van der Waals surface area (Å²) in [5.41, 5.74) is 0. The third-order valence-corrected chi connectivity index (χ3v) is 5.58. The van der Waals surface area contributed by atoms with Crippen LogP contribution >= 0.6 is 43.5 Å². The van der Waals surface area contributed by atoms with E-state index in [9.17, 15) is 0 Å². The van der Waals surface area contributed by atoms with Crippen molar-refractivity contribution in [1.29, 1.82) is 0 Å². The van der Waals surface area contributed by atoms with Crippen molar-refractivity contribution in [2.24, 2.45) is 0 Å². The number of rotatable bonds is 5. The lowest BCUT2D eigenvalue weighted by molar-refractivity contribution is -0.905. The Kier molecular flexibility index (Phi) is 9.16. The molecule has 2 atom stereocenters. The van der Waals surface area contributed by atoms with Gasteiger partial charge in [-0.3, -0.25) is 0 Å². The first-order chi connectivity index (χ1) is 5.75. The number of hydrogen-bond donors (Lipinski definition) is 0. The summed E-state index contributed by atoms with van der Waals surface area (Å²) in [6.07, 6.45) is 0. The van der Waals surface area contributed by atoms with E-state index in [1.807, 2.05) is 6.92 Å². The van der Waals surface area contributed by atoms with Gasteiger partial charge in [0, 0.05) is 0 Å². The zero-order chi connectivity index (χ0) is 10.7. The molecule has 0 aliphatic rings. The molecule has 1 nitrogen and oxygen atoms in total. The average Bonchev–Trinajstić information content (AvgIpc) is 2.02. The van der Waals surface area contributed by atoms with E-state index in [0.29, 0.717) is 0 Å². The Morgan fingerprint density at radius 3 is 1.93 bits per heavy atom. The standard InChI is InChI=1S/C9H19Br2ClN.BrH/c1-5-13(4,6-2)7-8(10)9(3,11)12;/h8H,5-7H2,1-4H3;1H/q+1;/p-1. The smallest absolute Gasteiger partial charge is 0.114 e. The highest BCUT2D eigenvalue weighted by Gasteiger charge is 2.33. The SMILES string of the molecule is CC[N+](C)(CC)CC(Br)C(C)(Cl)Br.[Br-]. The predicted octanol–water partition coefficient (Wildman–Crippen LogP) is 0.590. The molecule has 0 aromatic rings. The summed E-state index contributed by atoms with van der Waals surface area (Å²) >= 11 is 13.2. The Hall–Kier alpha value is 1.69. The third-order valence-electron chi connectivity index (χ3n) is 2.68. The molecular weight excluding hydrogens is 397 g/mol. The molecule has 0 spiro atoms. The number of hydrogen-bond acceptors (Lipinski definition) is 0. The van der Waals surface area contributed by atoms with Gasteiger partial charge in [0.25, 0.3) is 0 Å². The molecule has 0 fully saturated rings. The van der Waals surface area contributed by atoms with Crippen LogP contribution in [0.25, 0.3) is 0 Å². The van der Waals surface area contributed by atoms with E-state index in [1.54, 1.807) is 0 Å². The Morgan fingerprint density at radius 1 is 1.36 bits per heavy atom. The van der Waals surface area contributed by atoms with Crippen LogP contribution < -0.4 is 17.0 Å². The molecule has 5 heteroatoms. The summed E-state index contributed by atoms with van der Waals surface area (Å²) in [4.78, 5) is 0.284. The first-order valence-electron chi connectivity index (χ1n) is 4.60. The Morgan fingerprint density at radius 2 is 1.71 bits per heavy atom. The van der Waals surface area contributed by atoms with Crippen molar-refractivity contribution in [3.63, 3.8) is 0 Å². The number of quaternary nitrogens is 1. The summed E-state index contributed by atoms with van der Waals surface area (Å²) in [5, 5.41) is 0. The zero-order valence-corrected chi connectivity index (χ0v) is 14.7. The largest absolute Gasteiger partial charge is 1.00 e. The van der Waals surface area contributed by atoms with E-state index >= 15 is 0 Å². The normalized spacial score (nSPS) is 18.2. The van der Waals surface area contributed by atoms with Gasteiger partial charge >= 0.3 is 0 Å². The lowest BCUT2D eigenvalue weighted by Gasteiger charge is -2.36. The van der Waals surface area contributed by atoms with Gasteiger partial charge in [-0.2, -0.15) is 0 Å². The lowest BCUT2D eigenvalue weighted by Crippen LogP contribution is -3.00. The Labute approximate surface area is 120 Å². The van der Waals surface area contributed by atoms with Crippen LogP contribution in [0.2, 0.25) is 0 Å². The fourth-order valence-corrected chi connectivity index (χ4v) is 1.94. The van der Waals surface area contributed by atoms with Gasteiger partial charge in [0.1, 0.15) is 3.78 Å². The van der Waals surface area contributed by atoms with Gasteiger partial charge in [-0.1, -0.05) is 31.9 Å². The summed E-state index contributed by atoms with van der Waals surface area (Å²) in [7, 11) is 2.25. The molecule has 14 heavy (non-hydrogen) atoms. The molecular formula is C9H19Br3ClN. The second kappa shape index (κ2) is 7.10. The van der Waals surface area contributed by atoms with Gasteiger partial charge in [0.2, 0.25) is 0 Å². The predicted molar refractivity (Wildman–Crippen MR) is 68.0 cm³/mol. The molecule has 0 rings (SSSR count). The minimum absolute atomic E-state index is 0. The van der Waals surface area contributed by atoms with Crippen molar-refractivity contribution in [2.45, 2.75) is 29.4 Å². The molecule has 0 bridgehead atoms. The fraction of sp³-hybridized carbons (Fsp3) is 1.00. The van der Waals surface area contributed by atoms with Crippen LogP contribution in [0.15, 0.2) is 0 Å². The van der Waals surface area contributed by atoms with Gasteiger partial charge < -0.3 is 21.5 Å². The summed E-state index contributed by atoms with van der Waals surface area (Å²) < 4.78 is 0.695. The van der Waals surface area contributed by atoms with Crippen molar-refractivity contribution in [2.75, 3.05) is 26.7 Å².